The van der Waals surface area contributed by atoms with E-state index >= 15 is 0 Å². The zero-order valence-electron chi connectivity index (χ0n) is 13.5. The lowest BCUT2D eigenvalue weighted by atomic mass is 9.94. The molecule has 0 N–H and O–H groups in total. The maximum atomic E-state index is 14.5. The molecule has 3 rings (SSSR count). The standard InChI is InChI=1S/C18H13ClF4N2O/c1-24-14-9-25(11-5-3-2-4-6-11)17(26)16(14)15-12(19)7-10(8-13(15)20)18(21,22)23/h2-8,16H,9H2,1H3. The number of carbonyl (C=O) groups excluding carboxylic acids is 1. The number of carbonyl (C=O) groups is 1. The van der Waals surface area contributed by atoms with E-state index < -0.39 is 34.4 Å². The van der Waals surface area contributed by atoms with Crippen molar-refractivity contribution in [3.05, 3.63) is 64.4 Å². The van der Waals surface area contributed by atoms with Crippen molar-refractivity contribution in [2.75, 3.05) is 18.5 Å². The smallest absolute Gasteiger partial charge is 0.306 e. The summed E-state index contributed by atoms with van der Waals surface area (Å²) in [5.74, 6) is -2.83. The van der Waals surface area contributed by atoms with Crippen molar-refractivity contribution in [2.24, 2.45) is 4.99 Å². The Morgan fingerprint density at radius 1 is 1.19 bits per heavy atom. The topological polar surface area (TPSA) is 32.7 Å². The normalized spacial score (nSPS) is 19.5. The van der Waals surface area contributed by atoms with Crippen LogP contribution in [-0.2, 0) is 11.0 Å². The third kappa shape index (κ3) is 3.19. The fourth-order valence-electron chi connectivity index (χ4n) is 2.97. The number of amides is 1. The number of benzene rings is 2. The Kier molecular flexibility index (Phi) is 4.75. The summed E-state index contributed by atoms with van der Waals surface area (Å²) in [5, 5.41) is -0.452. The van der Waals surface area contributed by atoms with E-state index in [-0.39, 0.29) is 12.1 Å². The summed E-state index contributed by atoms with van der Waals surface area (Å²) < 4.78 is 53.0. The molecule has 1 atom stereocenters. The molecule has 1 fully saturated rings. The number of hydrogen-bond acceptors (Lipinski definition) is 2. The lowest BCUT2D eigenvalue weighted by Crippen LogP contribution is -2.26. The average Bonchev–Trinajstić information content (AvgIpc) is 2.91. The Morgan fingerprint density at radius 2 is 1.85 bits per heavy atom. The number of anilines is 1. The summed E-state index contributed by atoms with van der Waals surface area (Å²) in [5.41, 5.74) is -0.572. The van der Waals surface area contributed by atoms with Gasteiger partial charge in [0.2, 0.25) is 5.91 Å². The first-order chi connectivity index (χ1) is 12.2. The van der Waals surface area contributed by atoms with Crippen LogP contribution in [-0.4, -0.2) is 25.2 Å². The van der Waals surface area contributed by atoms with E-state index in [1.807, 2.05) is 0 Å². The molecule has 1 aliphatic heterocycles. The summed E-state index contributed by atoms with van der Waals surface area (Å²) in [6.45, 7) is 0.112. The largest absolute Gasteiger partial charge is 0.416 e. The van der Waals surface area contributed by atoms with Crippen molar-refractivity contribution in [3.8, 4) is 0 Å². The van der Waals surface area contributed by atoms with Crippen LogP contribution in [0, 0.1) is 5.82 Å². The molecule has 1 unspecified atom stereocenters. The Bertz CT molecular complexity index is 858. The van der Waals surface area contributed by atoms with Crippen LogP contribution in [0.1, 0.15) is 17.0 Å². The van der Waals surface area contributed by atoms with Crippen LogP contribution in [0.4, 0.5) is 23.2 Å². The van der Waals surface area contributed by atoms with Gasteiger partial charge in [-0.15, -0.1) is 0 Å². The Morgan fingerprint density at radius 3 is 2.38 bits per heavy atom. The molecule has 0 radical (unpaired) electrons. The minimum atomic E-state index is -4.74. The lowest BCUT2D eigenvalue weighted by molar-refractivity contribution is -0.137. The molecule has 2 aromatic carbocycles. The second kappa shape index (κ2) is 6.72. The van der Waals surface area contributed by atoms with Gasteiger partial charge < -0.3 is 4.90 Å². The summed E-state index contributed by atoms with van der Waals surface area (Å²) in [6.07, 6.45) is -4.74. The first kappa shape index (κ1) is 18.4. The van der Waals surface area contributed by atoms with Gasteiger partial charge in [0.15, 0.2) is 0 Å². The van der Waals surface area contributed by atoms with E-state index in [0.717, 1.165) is 0 Å². The number of alkyl halides is 3. The van der Waals surface area contributed by atoms with Gasteiger partial charge in [-0.1, -0.05) is 29.8 Å². The van der Waals surface area contributed by atoms with Crippen LogP contribution in [0.15, 0.2) is 47.5 Å². The number of aliphatic imine (C=N–C) groups is 1. The van der Waals surface area contributed by atoms with Gasteiger partial charge in [0.25, 0.3) is 0 Å². The minimum Gasteiger partial charge on any atom is -0.306 e. The molecule has 0 bridgehead atoms. The molecule has 2 aromatic rings. The van der Waals surface area contributed by atoms with Crippen molar-refractivity contribution in [1.29, 1.82) is 0 Å². The number of hydrogen-bond donors (Lipinski definition) is 0. The zero-order chi connectivity index (χ0) is 19.1. The van der Waals surface area contributed by atoms with Crippen LogP contribution in [0.25, 0.3) is 0 Å². The van der Waals surface area contributed by atoms with E-state index in [0.29, 0.717) is 23.5 Å². The lowest BCUT2D eigenvalue weighted by Gasteiger charge is -2.17. The van der Waals surface area contributed by atoms with E-state index in [2.05, 4.69) is 4.99 Å². The number of para-hydroxylation sites is 1. The van der Waals surface area contributed by atoms with E-state index in [9.17, 15) is 22.4 Å². The maximum absolute atomic E-state index is 14.5. The van der Waals surface area contributed by atoms with Crippen LogP contribution in [0.5, 0.6) is 0 Å². The fraction of sp³-hybridized carbons (Fsp3) is 0.222. The van der Waals surface area contributed by atoms with Crippen molar-refractivity contribution in [2.45, 2.75) is 12.1 Å². The van der Waals surface area contributed by atoms with Gasteiger partial charge in [0.05, 0.1) is 12.1 Å². The summed E-state index contributed by atoms with van der Waals surface area (Å²) in [6, 6.07) is 9.66. The fourth-order valence-corrected chi connectivity index (χ4v) is 3.29. The molecule has 1 heterocycles. The van der Waals surface area contributed by atoms with Crippen LogP contribution >= 0.6 is 11.6 Å². The summed E-state index contributed by atoms with van der Waals surface area (Å²) in [4.78, 5) is 18.3. The molecule has 3 nitrogen and oxygen atoms in total. The second-order valence-electron chi connectivity index (χ2n) is 5.76. The predicted molar refractivity (Wildman–Crippen MR) is 91.3 cm³/mol. The SMILES string of the molecule is CN=C1CN(c2ccccc2)C(=O)C1c1c(F)cc(C(F)(F)F)cc1Cl. The van der Waals surface area contributed by atoms with Gasteiger partial charge in [-0.2, -0.15) is 13.2 Å². The highest BCUT2D eigenvalue weighted by atomic mass is 35.5. The van der Waals surface area contributed by atoms with E-state index in [4.69, 9.17) is 11.6 Å². The monoisotopic (exact) mass is 384 g/mol. The van der Waals surface area contributed by atoms with Crippen molar-refractivity contribution in [1.82, 2.24) is 0 Å². The number of rotatable bonds is 2. The molecule has 1 aliphatic rings. The first-order valence-electron chi connectivity index (χ1n) is 7.62. The molecule has 26 heavy (non-hydrogen) atoms. The summed E-state index contributed by atoms with van der Waals surface area (Å²) >= 11 is 5.94. The van der Waals surface area contributed by atoms with Gasteiger partial charge >= 0.3 is 6.18 Å². The molecule has 0 aliphatic carbocycles. The summed E-state index contributed by atoms with van der Waals surface area (Å²) in [7, 11) is 1.44. The number of halogens is 5. The zero-order valence-corrected chi connectivity index (χ0v) is 14.3. The molecule has 8 heteroatoms. The third-order valence-corrected chi connectivity index (χ3v) is 4.53. The minimum absolute atomic E-state index is 0.112. The van der Waals surface area contributed by atoms with E-state index in [1.54, 1.807) is 30.3 Å². The molecular formula is C18H13ClF4N2O. The molecule has 136 valence electrons. The van der Waals surface area contributed by atoms with E-state index in [1.165, 1.54) is 11.9 Å². The Labute approximate surface area is 151 Å². The highest BCUT2D eigenvalue weighted by Gasteiger charge is 2.42. The predicted octanol–water partition coefficient (Wildman–Crippen LogP) is 4.70. The van der Waals surface area contributed by atoms with Crippen molar-refractivity contribution >= 4 is 28.9 Å². The van der Waals surface area contributed by atoms with Gasteiger partial charge in [-0.3, -0.25) is 9.79 Å². The molecule has 0 aromatic heterocycles. The maximum Gasteiger partial charge on any atom is 0.416 e. The highest BCUT2D eigenvalue weighted by molar-refractivity contribution is 6.33. The second-order valence-corrected chi connectivity index (χ2v) is 6.17. The van der Waals surface area contributed by atoms with Crippen molar-refractivity contribution < 1.29 is 22.4 Å². The van der Waals surface area contributed by atoms with Crippen LogP contribution in [0.3, 0.4) is 0 Å². The molecule has 0 saturated carbocycles. The van der Waals surface area contributed by atoms with Gasteiger partial charge in [0.1, 0.15) is 11.7 Å². The highest BCUT2D eigenvalue weighted by Crippen LogP contribution is 2.39. The Balaban J connectivity index is 2.07. The molecule has 1 saturated heterocycles. The third-order valence-electron chi connectivity index (χ3n) is 4.22. The Hall–Kier alpha value is -2.41. The van der Waals surface area contributed by atoms with Crippen LogP contribution < -0.4 is 4.90 Å². The van der Waals surface area contributed by atoms with Crippen molar-refractivity contribution in [3.63, 3.8) is 0 Å². The van der Waals surface area contributed by atoms with Gasteiger partial charge in [-0.25, -0.2) is 4.39 Å². The van der Waals surface area contributed by atoms with Gasteiger partial charge in [-0.05, 0) is 24.3 Å². The molecule has 0 spiro atoms. The number of nitrogens with zero attached hydrogens (tertiary/aromatic N) is 2. The van der Waals surface area contributed by atoms with Gasteiger partial charge in [0, 0.05) is 29.0 Å². The molecule has 1 amide bonds. The first-order valence-corrected chi connectivity index (χ1v) is 8.00. The van der Waals surface area contributed by atoms with Crippen LogP contribution in [0.2, 0.25) is 5.02 Å². The molecular weight excluding hydrogens is 372 g/mol. The average molecular weight is 385 g/mol. The quantitative estimate of drug-likeness (QED) is 0.691.